The highest BCUT2D eigenvalue weighted by molar-refractivity contribution is 14.0. The van der Waals surface area contributed by atoms with Crippen molar-refractivity contribution in [2.24, 2.45) is 10.7 Å². The third kappa shape index (κ3) is 4.36. The average molecular weight is 431 g/mol. The second-order valence-electron chi connectivity index (χ2n) is 6.17. The van der Waals surface area contributed by atoms with Gasteiger partial charge in [-0.1, -0.05) is 12.1 Å². The molecule has 2 aliphatic rings. The van der Waals surface area contributed by atoms with Gasteiger partial charge in [0.15, 0.2) is 5.96 Å². The van der Waals surface area contributed by atoms with Gasteiger partial charge in [-0.15, -0.1) is 24.0 Å². The summed E-state index contributed by atoms with van der Waals surface area (Å²) in [5, 5.41) is 3.27. The Kier molecular flexibility index (Phi) is 6.67. The van der Waals surface area contributed by atoms with Crippen molar-refractivity contribution >= 4 is 35.6 Å². The minimum absolute atomic E-state index is 0. The molecule has 6 heteroatoms. The normalized spacial score (nSPS) is 24.0. The zero-order valence-corrected chi connectivity index (χ0v) is 16.0. The third-order valence-electron chi connectivity index (χ3n) is 4.70. The number of guanidine groups is 1. The van der Waals surface area contributed by atoms with E-state index in [0.29, 0.717) is 19.1 Å². The second kappa shape index (κ2) is 8.30. The van der Waals surface area contributed by atoms with Crippen LogP contribution < -0.4 is 11.1 Å². The van der Waals surface area contributed by atoms with E-state index in [9.17, 15) is 0 Å². The number of hydrogen-bond acceptors (Lipinski definition) is 3. The summed E-state index contributed by atoms with van der Waals surface area (Å²) in [5.74, 6) is 0.447. The number of nitrogens with one attached hydrogen (secondary N) is 1. The number of hydrogen-bond donors (Lipinski definition) is 2. The Morgan fingerprint density at radius 2 is 2.22 bits per heavy atom. The molecule has 1 aromatic carbocycles. The number of anilines is 1. The number of methoxy groups -OCH3 is 1. The summed E-state index contributed by atoms with van der Waals surface area (Å²) < 4.78 is 11.0. The first-order valence-electron chi connectivity index (χ1n) is 8.03. The molecule has 128 valence electrons. The van der Waals surface area contributed by atoms with Gasteiger partial charge in [0.2, 0.25) is 0 Å². The van der Waals surface area contributed by atoms with Gasteiger partial charge in [0, 0.05) is 25.8 Å². The van der Waals surface area contributed by atoms with Crippen LogP contribution in [-0.4, -0.2) is 38.4 Å². The van der Waals surface area contributed by atoms with Gasteiger partial charge in [0.25, 0.3) is 0 Å². The first kappa shape index (κ1) is 18.5. The molecule has 3 N–H and O–H groups in total. The van der Waals surface area contributed by atoms with Gasteiger partial charge in [-0.05, 0) is 42.9 Å². The van der Waals surface area contributed by atoms with Crippen molar-refractivity contribution < 1.29 is 9.47 Å². The Hall–Kier alpha value is -0.860. The molecular formula is C17H26IN3O2. The van der Waals surface area contributed by atoms with Gasteiger partial charge in [-0.2, -0.15) is 0 Å². The number of nitrogens with zero attached hydrogens (tertiary/aromatic N) is 1. The van der Waals surface area contributed by atoms with Crippen LogP contribution in [0.1, 0.15) is 30.4 Å². The summed E-state index contributed by atoms with van der Waals surface area (Å²) in [7, 11) is 1.71. The van der Waals surface area contributed by atoms with Crippen molar-refractivity contribution in [2.75, 3.05) is 32.2 Å². The molecule has 0 amide bonds. The highest BCUT2D eigenvalue weighted by atomic mass is 127. The van der Waals surface area contributed by atoms with E-state index in [1.165, 1.54) is 24.0 Å². The number of benzene rings is 1. The molecule has 5 nitrogen and oxygen atoms in total. The SMILES string of the molecule is COC1(CN=C(N)Nc2cccc3c2CCCC3)CCOC1.I. The highest BCUT2D eigenvalue weighted by Crippen LogP contribution is 2.28. The van der Waals surface area contributed by atoms with E-state index in [-0.39, 0.29) is 29.6 Å². The number of ether oxygens (including phenoxy) is 2. The highest BCUT2D eigenvalue weighted by Gasteiger charge is 2.34. The maximum Gasteiger partial charge on any atom is 0.193 e. The Bertz CT molecular complexity index is 557. The summed E-state index contributed by atoms with van der Waals surface area (Å²) in [6, 6.07) is 6.38. The number of aryl methyl sites for hydroxylation is 1. The first-order valence-corrected chi connectivity index (χ1v) is 8.03. The molecule has 0 bridgehead atoms. The van der Waals surface area contributed by atoms with Crippen LogP contribution in [0.25, 0.3) is 0 Å². The lowest BCUT2D eigenvalue weighted by Crippen LogP contribution is -2.37. The molecule has 1 aliphatic carbocycles. The molecule has 0 spiro atoms. The van der Waals surface area contributed by atoms with Gasteiger partial charge in [-0.3, -0.25) is 4.99 Å². The predicted octanol–water partition coefficient (Wildman–Crippen LogP) is 2.72. The molecule has 0 saturated carbocycles. The number of halogens is 1. The number of nitrogens with two attached hydrogens (primary N) is 1. The number of fused-ring (bicyclic) bond motifs is 1. The monoisotopic (exact) mass is 431 g/mol. The summed E-state index contributed by atoms with van der Waals surface area (Å²) >= 11 is 0. The quantitative estimate of drug-likeness (QED) is 0.437. The van der Waals surface area contributed by atoms with E-state index in [4.69, 9.17) is 15.2 Å². The standard InChI is InChI=1S/C17H25N3O2.HI/c1-21-17(9-10-22-12-17)11-19-16(18)20-15-8-4-6-13-5-2-3-7-14(13)15;/h4,6,8H,2-3,5,7,9-12H2,1H3,(H3,18,19,20);1H. The van der Waals surface area contributed by atoms with E-state index < -0.39 is 0 Å². The van der Waals surface area contributed by atoms with Crippen LogP contribution in [0.4, 0.5) is 5.69 Å². The minimum Gasteiger partial charge on any atom is -0.378 e. The van der Waals surface area contributed by atoms with E-state index in [0.717, 1.165) is 31.6 Å². The van der Waals surface area contributed by atoms with Gasteiger partial charge < -0.3 is 20.5 Å². The van der Waals surface area contributed by atoms with Crippen molar-refractivity contribution in [3.05, 3.63) is 29.3 Å². The first-order chi connectivity index (χ1) is 10.7. The van der Waals surface area contributed by atoms with Crippen molar-refractivity contribution in [2.45, 2.75) is 37.7 Å². The third-order valence-corrected chi connectivity index (χ3v) is 4.70. The molecule has 1 aromatic rings. The number of aliphatic imine (C=N–C) groups is 1. The number of rotatable bonds is 4. The molecule has 0 radical (unpaired) electrons. The fourth-order valence-electron chi connectivity index (χ4n) is 3.24. The molecule has 1 fully saturated rings. The van der Waals surface area contributed by atoms with E-state index in [1.807, 2.05) is 0 Å². The molecule has 1 heterocycles. The molecule has 1 saturated heterocycles. The lowest BCUT2D eigenvalue weighted by Gasteiger charge is -2.24. The van der Waals surface area contributed by atoms with Crippen molar-refractivity contribution in [3.8, 4) is 0 Å². The Balaban J connectivity index is 0.00000192. The lowest BCUT2D eigenvalue weighted by molar-refractivity contribution is -0.00900. The van der Waals surface area contributed by atoms with Crippen LogP contribution in [0.3, 0.4) is 0 Å². The van der Waals surface area contributed by atoms with Gasteiger partial charge in [0.1, 0.15) is 5.60 Å². The van der Waals surface area contributed by atoms with E-state index in [1.54, 1.807) is 7.11 Å². The Morgan fingerprint density at radius 1 is 1.39 bits per heavy atom. The van der Waals surface area contributed by atoms with Crippen molar-refractivity contribution in [1.29, 1.82) is 0 Å². The molecule has 23 heavy (non-hydrogen) atoms. The smallest absolute Gasteiger partial charge is 0.193 e. The van der Waals surface area contributed by atoms with Gasteiger partial charge >= 0.3 is 0 Å². The molecule has 1 atom stereocenters. The van der Waals surface area contributed by atoms with Crippen LogP contribution in [0.5, 0.6) is 0 Å². The Labute approximate surface area is 155 Å². The largest absolute Gasteiger partial charge is 0.378 e. The maximum absolute atomic E-state index is 6.07. The predicted molar refractivity (Wildman–Crippen MR) is 104 cm³/mol. The minimum atomic E-state index is -0.317. The van der Waals surface area contributed by atoms with Crippen LogP contribution in [-0.2, 0) is 22.3 Å². The molecule has 1 unspecified atom stereocenters. The second-order valence-corrected chi connectivity index (χ2v) is 6.17. The molecular weight excluding hydrogens is 405 g/mol. The van der Waals surface area contributed by atoms with E-state index in [2.05, 4.69) is 28.5 Å². The zero-order valence-electron chi connectivity index (χ0n) is 13.6. The lowest BCUT2D eigenvalue weighted by atomic mass is 9.90. The van der Waals surface area contributed by atoms with Crippen LogP contribution in [0, 0.1) is 0 Å². The average Bonchev–Trinajstić information content (AvgIpc) is 3.03. The summed E-state index contributed by atoms with van der Waals surface area (Å²) in [4.78, 5) is 4.47. The maximum atomic E-state index is 6.07. The summed E-state index contributed by atoms with van der Waals surface area (Å²) in [6.07, 6.45) is 5.65. The van der Waals surface area contributed by atoms with Crippen LogP contribution >= 0.6 is 24.0 Å². The van der Waals surface area contributed by atoms with Crippen LogP contribution in [0.15, 0.2) is 23.2 Å². The fraction of sp³-hybridized carbons (Fsp3) is 0.588. The molecule has 1 aliphatic heterocycles. The zero-order chi connectivity index (χ0) is 15.4. The summed E-state index contributed by atoms with van der Waals surface area (Å²) in [5.41, 5.74) is 9.67. The van der Waals surface area contributed by atoms with Gasteiger partial charge in [0.05, 0.1) is 13.2 Å². The topological polar surface area (TPSA) is 68.9 Å². The van der Waals surface area contributed by atoms with Gasteiger partial charge in [-0.25, -0.2) is 0 Å². The molecule has 3 rings (SSSR count). The van der Waals surface area contributed by atoms with E-state index >= 15 is 0 Å². The molecule has 0 aromatic heterocycles. The Morgan fingerprint density at radius 3 is 2.96 bits per heavy atom. The van der Waals surface area contributed by atoms with Crippen molar-refractivity contribution in [3.63, 3.8) is 0 Å². The fourth-order valence-corrected chi connectivity index (χ4v) is 3.24. The van der Waals surface area contributed by atoms with Crippen LogP contribution in [0.2, 0.25) is 0 Å². The summed E-state index contributed by atoms with van der Waals surface area (Å²) in [6.45, 7) is 1.83. The van der Waals surface area contributed by atoms with Crippen molar-refractivity contribution in [1.82, 2.24) is 0 Å².